The molecule has 3 aromatic heterocycles. The zero-order valence-corrected chi connectivity index (χ0v) is 24.3. The van der Waals surface area contributed by atoms with E-state index in [1.165, 1.54) is 52.5 Å². The molecule has 0 aliphatic carbocycles. The molecule has 0 saturated carbocycles. The molecule has 10 aromatic rings. The first-order valence-electron chi connectivity index (χ1n) is 14.8. The van der Waals surface area contributed by atoms with Gasteiger partial charge in [-0.05, 0) is 28.3 Å². The third-order valence-electron chi connectivity index (χ3n) is 8.98. The summed E-state index contributed by atoms with van der Waals surface area (Å²) in [5.41, 5.74) is 5.21. The lowest BCUT2D eigenvalue weighted by molar-refractivity contribution is 1.02. The van der Waals surface area contributed by atoms with Crippen LogP contribution in [0.15, 0.2) is 140 Å². The van der Waals surface area contributed by atoms with Crippen LogP contribution < -0.4 is 0 Å². The fraction of sp³-hybridized carbons (Fsp3) is 0. The van der Waals surface area contributed by atoms with Crippen LogP contribution in [0.2, 0.25) is 0 Å². The number of fused-ring (bicyclic) bond motifs is 12. The van der Waals surface area contributed by atoms with Crippen LogP contribution in [0.3, 0.4) is 0 Å². The Labute approximate surface area is 256 Å². The molecule has 0 saturated heterocycles. The second kappa shape index (κ2) is 8.96. The lowest BCUT2D eigenvalue weighted by Crippen LogP contribution is -2.03. The van der Waals surface area contributed by atoms with Crippen molar-refractivity contribution < 1.29 is 0 Å². The van der Waals surface area contributed by atoms with E-state index in [1.54, 1.807) is 0 Å². The molecule has 7 aromatic carbocycles. The summed E-state index contributed by atoms with van der Waals surface area (Å²) in [6, 6.07) is 49.8. The molecule has 3 heterocycles. The summed E-state index contributed by atoms with van der Waals surface area (Å²) in [7, 11) is 0. The second-order valence-electron chi connectivity index (χ2n) is 11.4. The molecule has 0 aliphatic heterocycles. The summed E-state index contributed by atoms with van der Waals surface area (Å²) in [5.74, 6) is 0.685. The van der Waals surface area contributed by atoms with Crippen molar-refractivity contribution in [2.24, 2.45) is 0 Å². The van der Waals surface area contributed by atoms with Crippen molar-refractivity contribution in [3.8, 4) is 17.2 Å². The molecule has 0 amide bonds. The van der Waals surface area contributed by atoms with Gasteiger partial charge in [0, 0.05) is 47.3 Å². The van der Waals surface area contributed by atoms with Crippen molar-refractivity contribution in [3.05, 3.63) is 140 Å². The topological polar surface area (TPSA) is 30.7 Å². The molecule has 0 fully saturated rings. The van der Waals surface area contributed by atoms with Gasteiger partial charge in [0.05, 0.1) is 22.2 Å². The van der Waals surface area contributed by atoms with Crippen LogP contribution in [0.1, 0.15) is 0 Å². The van der Waals surface area contributed by atoms with E-state index in [4.69, 9.17) is 9.97 Å². The highest BCUT2D eigenvalue weighted by molar-refractivity contribution is 7.27. The zero-order valence-electron chi connectivity index (χ0n) is 23.5. The van der Waals surface area contributed by atoms with Crippen LogP contribution in [-0.2, 0) is 0 Å². The minimum Gasteiger partial charge on any atom is -0.277 e. The highest BCUT2D eigenvalue weighted by Crippen LogP contribution is 2.46. The molecule has 0 spiro atoms. The molecule has 0 bridgehead atoms. The number of aromatic nitrogens is 3. The molecule has 0 N–H and O–H groups in total. The van der Waals surface area contributed by atoms with E-state index in [0.717, 1.165) is 33.2 Å². The van der Waals surface area contributed by atoms with Gasteiger partial charge in [-0.3, -0.25) is 4.57 Å². The average molecular weight is 578 g/mol. The number of nitrogens with zero attached hydrogens (tertiary/aromatic N) is 3. The molecule has 3 nitrogen and oxygen atoms in total. The Balaban J connectivity index is 1.40. The largest absolute Gasteiger partial charge is 0.277 e. The monoisotopic (exact) mass is 577 g/mol. The van der Waals surface area contributed by atoms with Gasteiger partial charge in [-0.2, -0.15) is 0 Å². The highest BCUT2D eigenvalue weighted by atomic mass is 32.1. The summed E-state index contributed by atoms with van der Waals surface area (Å²) in [6.45, 7) is 0. The van der Waals surface area contributed by atoms with Gasteiger partial charge in [-0.25, -0.2) is 9.97 Å². The molecule has 0 atom stereocenters. The fourth-order valence-corrected chi connectivity index (χ4v) is 8.40. The van der Waals surface area contributed by atoms with Crippen LogP contribution in [0, 0.1) is 0 Å². The van der Waals surface area contributed by atoms with Gasteiger partial charge >= 0.3 is 0 Å². The quantitative estimate of drug-likeness (QED) is 0.205. The van der Waals surface area contributed by atoms with Crippen LogP contribution in [-0.4, -0.2) is 14.5 Å². The van der Waals surface area contributed by atoms with Gasteiger partial charge in [0.15, 0.2) is 0 Å². The number of para-hydroxylation sites is 1. The molecule has 0 aliphatic rings. The molecule has 0 unspecified atom stereocenters. The Kier molecular flexibility index (Phi) is 4.87. The fourth-order valence-electron chi connectivity index (χ4n) is 7.01. The Morgan fingerprint density at radius 2 is 1.09 bits per heavy atom. The molecule has 44 heavy (non-hydrogen) atoms. The first kappa shape index (κ1) is 23.9. The maximum atomic E-state index is 5.34. The molecule has 204 valence electrons. The van der Waals surface area contributed by atoms with Crippen LogP contribution >= 0.6 is 11.3 Å². The molecular weight excluding hydrogens is 555 g/mol. The second-order valence-corrected chi connectivity index (χ2v) is 12.4. The Morgan fingerprint density at radius 3 is 1.93 bits per heavy atom. The summed E-state index contributed by atoms with van der Waals surface area (Å²) >= 11 is 1.90. The third-order valence-corrected chi connectivity index (χ3v) is 10.3. The highest BCUT2D eigenvalue weighted by Gasteiger charge is 2.22. The molecule has 0 radical (unpaired) electrons. The summed E-state index contributed by atoms with van der Waals surface area (Å²) in [5, 5.41) is 11.1. The Bertz CT molecular complexity index is 2770. The van der Waals surface area contributed by atoms with Crippen LogP contribution in [0.4, 0.5) is 0 Å². The van der Waals surface area contributed by atoms with Gasteiger partial charge < -0.3 is 0 Å². The normalized spacial score (nSPS) is 12.1. The van der Waals surface area contributed by atoms with E-state index in [0.29, 0.717) is 5.95 Å². The van der Waals surface area contributed by atoms with E-state index in [-0.39, 0.29) is 0 Å². The average Bonchev–Trinajstić information content (AvgIpc) is 3.64. The van der Waals surface area contributed by atoms with Crippen molar-refractivity contribution in [3.63, 3.8) is 0 Å². The van der Waals surface area contributed by atoms with E-state index in [2.05, 4.69) is 138 Å². The molecule has 4 heteroatoms. The van der Waals surface area contributed by atoms with Crippen LogP contribution in [0.25, 0.3) is 91.6 Å². The van der Waals surface area contributed by atoms with Crippen molar-refractivity contribution in [2.45, 2.75) is 0 Å². The van der Waals surface area contributed by atoms with Crippen molar-refractivity contribution in [1.29, 1.82) is 0 Å². The maximum Gasteiger partial charge on any atom is 0.235 e. The van der Waals surface area contributed by atoms with Crippen LogP contribution in [0.5, 0.6) is 0 Å². The first-order chi connectivity index (χ1) is 21.8. The number of hydrogen-bond acceptors (Lipinski definition) is 3. The Morgan fingerprint density at radius 1 is 0.455 bits per heavy atom. The van der Waals surface area contributed by atoms with Gasteiger partial charge in [0.25, 0.3) is 0 Å². The predicted octanol–water partition coefficient (Wildman–Crippen LogP) is 11.1. The minimum atomic E-state index is 0.685. The van der Waals surface area contributed by atoms with Crippen molar-refractivity contribution in [1.82, 2.24) is 14.5 Å². The van der Waals surface area contributed by atoms with E-state index < -0.39 is 0 Å². The number of thiophene rings is 1. The van der Waals surface area contributed by atoms with Gasteiger partial charge in [-0.1, -0.05) is 127 Å². The number of rotatable bonds is 2. The minimum absolute atomic E-state index is 0.685. The van der Waals surface area contributed by atoms with E-state index in [1.807, 2.05) is 17.4 Å². The first-order valence-corrected chi connectivity index (χ1v) is 15.7. The number of benzene rings is 7. The lowest BCUT2D eigenvalue weighted by Gasteiger charge is -2.12. The van der Waals surface area contributed by atoms with Crippen molar-refractivity contribution >= 4 is 85.8 Å². The van der Waals surface area contributed by atoms with Gasteiger partial charge in [0.2, 0.25) is 5.95 Å². The predicted molar refractivity (Wildman–Crippen MR) is 187 cm³/mol. The molecular formula is C40H23N3S. The maximum absolute atomic E-state index is 5.34. The standard InChI is InChI=1S/C40H23N3S/c1-2-12-26(13-3-1)36-31-16-8-9-17-33(31)41-40(42-36)43-34-23-22-30-29-20-18-25-11-5-7-15-28(25)38(29)44-39(30)35(34)32-21-19-24-10-4-6-14-27(24)37(32)43/h1-23H. The van der Waals surface area contributed by atoms with E-state index >= 15 is 0 Å². The summed E-state index contributed by atoms with van der Waals surface area (Å²) in [6.07, 6.45) is 0. The lowest BCUT2D eigenvalue weighted by atomic mass is 10.0. The zero-order chi connectivity index (χ0) is 28.8. The smallest absolute Gasteiger partial charge is 0.235 e. The number of hydrogen-bond donors (Lipinski definition) is 0. The van der Waals surface area contributed by atoms with Gasteiger partial charge in [0.1, 0.15) is 0 Å². The van der Waals surface area contributed by atoms with Crippen molar-refractivity contribution in [2.75, 3.05) is 0 Å². The van der Waals surface area contributed by atoms with Gasteiger partial charge in [-0.15, -0.1) is 11.3 Å². The van der Waals surface area contributed by atoms with E-state index in [9.17, 15) is 0 Å². The third kappa shape index (κ3) is 3.26. The summed E-state index contributed by atoms with van der Waals surface area (Å²) < 4.78 is 4.94. The molecule has 10 rings (SSSR count). The Hall–Kier alpha value is -5.58. The summed E-state index contributed by atoms with van der Waals surface area (Å²) in [4.78, 5) is 10.6. The SMILES string of the molecule is c1ccc(-c2nc(-n3c4ccc5c6ccc7ccccc7c6sc5c4c4ccc5ccccc5c43)nc3ccccc23)cc1.